The highest BCUT2D eigenvalue weighted by Crippen LogP contribution is 2.37. The van der Waals surface area contributed by atoms with Crippen molar-refractivity contribution in [2.45, 2.75) is 34.4 Å². The van der Waals surface area contributed by atoms with E-state index < -0.39 is 5.97 Å². The van der Waals surface area contributed by atoms with Crippen LogP contribution in [0.25, 0.3) is 22.5 Å². The van der Waals surface area contributed by atoms with Crippen LogP contribution in [0.15, 0.2) is 48.7 Å². The van der Waals surface area contributed by atoms with Crippen molar-refractivity contribution < 1.29 is 9.53 Å². The number of halogens is 1. The maximum Gasteiger partial charge on any atom is 0.358 e. The second-order valence-corrected chi connectivity index (χ2v) is 8.36. The van der Waals surface area contributed by atoms with Crippen molar-refractivity contribution in [2.24, 2.45) is 0 Å². The summed E-state index contributed by atoms with van der Waals surface area (Å²) in [5, 5.41) is 9.76. The molecule has 0 radical (unpaired) electrons. The molecule has 2 heterocycles. The maximum absolute atomic E-state index is 11.8. The second-order valence-electron chi connectivity index (χ2n) is 7.98. The zero-order valence-corrected chi connectivity index (χ0v) is 19.6. The molecule has 6 nitrogen and oxygen atoms in total. The van der Waals surface area contributed by atoms with Gasteiger partial charge < -0.3 is 4.74 Å². The number of carbonyl (C=O) groups excluding carboxylic acids is 1. The van der Waals surface area contributed by atoms with Crippen molar-refractivity contribution in [3.05, 3.63) is 81.6 Å². The molecule has 0 aliphatic carbocycles. The molecule has 2 aromatic heterocycles. The van der Waals surface area contributed by atoms with Crippen molar-refractivity contribution in [3.8, 4) is 22.5 Å². The molecule has 164 valence electrons. The molecule has 0 bridgehead atoms. The van der Waals surface area contributed by atoms with Gasteiger partial charge in [0.25, 0.3) is 0 Å². The van der Waals surface area contributed by atoms with Crippen LogP contribution in [0.1, 0.15) is 32.7 Å². The standard InChI is InChI=1S/C25H25ClN4O2/c1-15-6-8-19(12-17(15)3)23-22(26)24(20-9-7-16(2)18(4)13-20)30(28-23)14-29-11-10-21(27-29)25(31)32-5/h6-13H,14H2,1-5H3. The Kier molecular flexibility index (Phi) is 5.89. The van der Waals surface area contributed by atoms with Crippen molar-refractivity contribution in [1.82, 2.24) is 19.6 Å². The number of carbonyl (C=O) groups is 1. The van der Waals surface area contributed by atoms with Gasteiger partial charge in [0.05, 0.1) is 17.8 Å². The SMILES string of the molecule is COC(=O)c1ccn(Cn2nc(-c3ccc(C)c(C)c3)c(Cl)c2-c2ccc(C)c(C)c2)n1. The number of esters is 1. The number of aromatic nitrogens is 4. The maximum atomic E-state index is 11.8. The number of aryl methyl sites for hydroxylation is 4. The molecule has 4 rings (SSSR count). The van der Waals surface area contributed by atoms with E-state index in [9.17, 15) is 4.79 Å². The zero-order chi connectivity index (χ0) is 23.0. The second kappa shape index (κ2) is 8.63. The first-order chi connectivity index (χ1) is 15.3. The van der Waals surface area contributed by atoms with Crippen LogP contribution in [0.3, 0.4) is 0 Å². The molecule has 0 aliphatic heterocycles. The quantitative estimate of drug-likeness (QED) is 0.373. The third-order valence-electron chi connectivity index (χ3n) is 5.77. The molecule has 2 aromatic carbocycles. The topological polar surface area (TPSA) is 61.9 Å². The Balaban J connectivity index is 1.84. The van der Waals surface area contributed by atoms with Gasteiger partial charge in [0, 0.05) is 17.3 Å². The molecule has 0 N–H and O–H groups in total. The minimum atomic E-state index is -0.479. The number of ether oxygens (including phenoxy) is 1. The number of methoxy groups -OCH3 is 1. The minimum Gasteiger partial charge on any atom is -0.464 e. The summed E-state index contributed by atoms with van der Waals surface area (Å²) in [4.78, 5) is 11.8. The Labute approximate surface area is 192 Å². The van der Waals surface area contributed by atoms with Crippen LogP contribution in [0.2, 0.25) is 5.02 Å². The number of hydrogen-bond donors (Lipinski definition) is 0. The summed E-state index contributed by atoms with van der Waals surface area (Å²) in [7, 11) is 1.34. The molecule has 0 saturated heterocycles. The summed E-state index contributed by atoms with van der Waals surface area (Å²) in [6.07, 6.45) is 1.72. The Bertz CT molecular complexity index is 1320. The van der Waals surface area contributed by atoms with Gasteiger partial charge in [-0.25, -0.2) is 9.48 Å². The summed E-state index contributed by atoms with van der Waals surface area (Å²) < 4.78 is 8.23. The molecule has 0 unspecified atom stereocenters. The van der Waals surface area contributed by atoms with Crippen molar-refractivity contribution >= 4 is 17.6 Å². The van der Waals surface area contributed by atoms with Gasteiger partial charge >= 0.3 is 5.97 Å². The fourth-order valence-electron chi connectivity index (χ4n) is 3.57. The van der Waals surface area contributed by atoms with Crippen LogP contribution in [-0.4, -0.2) is 32.6 Å². The highest BCUT2D eigenvalue weighted by atomic mass is 35.5. The fourth-order valence-corrected chi connectivity index (χ4v) is 3.92. The number of benzene rings is 2. The van der Waals surface area contributed by atoms with Gasteiger partial charge in [-0.1, -0.05) is 35.9 Å². The lowest BCUT2D eigenvalue weighted by Gasteiger charge is -2.10. The first-order valence-corrected chi connectivity index (χ1v) is 10.7. The molecule has 0 saturated carbocycles. The smallest absolute Gasteiger partial charge is 0.358 e. The van der Waals surface area contributed by atoms with Gasteiger partial charge in [0.1, 0.15) is 12.4 Å². The molecule has 0 fully saturated rings. The van der Waals surface area contributed by atoms with E-state index in [4.69, 9.17) is 21.4 Å². The number of rotatable bonds is 5. The predicted octanol–water partition coefficient (Wildman–Crippen LogP) is 5.59. The third-order valence-corrected chi connectivity index (χ3v) is 6.13. The van der Waals surface area contributed by atoms with Crippen LogP contribution < -0.4 is 0 Å². The summed E-state index contributed by atoms with van der Waals surface area (Å²) in [6, 6.07) is 14.1. The normalized spacial score (nSPS) is 11.1. The molecule has 32 heavy (non-hydrogen) atoms. The first-order valence-electron chi connectivity index (χ1n) is 10.3. The minimum absolute atomic E-state index is 0.243. The van der Waals surface area contributed by atoms with Crippen LogP contribution in [-0.2, 0) is 11.4 Å². The molecule has 0 amide bonds. The largest absolute Gasteiger partial charge is 0.464 e. The first kappa shape index (κ1) is 21.8. The lowest BCUT2D eigenvalue weighted by atomic mass is 10.0. The lowest BCUT2D eigenvalue weighted by molar-refractivity contribution is 0.0593. The van der Waals surface area contributed by atoms with Crippen LogP contribution in [0.5, 0.6) is 0 Å². The molecule has 7 heteroatoms. The molecule has 0 aliphatic rings. The summed E-state index contributed by atoms with van der Waals surface area (Å²) in [5.41, 5.74) is 8.46. The average Bonchev–Trinajstić information content (AvgIpc) is 3.36. The van der Waals surface area contributed by atoms with E-state index in [1.165, 1.54) is 29.4 Å². The van der Waals surface area contributed by atoms with Crippen LogP contribution >= 0.6 is 11.6 Å². The van der Waals surface area contributed by atoms with E-state index in [2.05, 4.69) is 63.1 Å². The Morgan fingerprint density at radius 3 is 2.16 bits per heavy atom. The summed E-state index contributed by atoms with van der Waals surface area (Å²) in [5.74, 6) is -0.479. The summed E-state index contributed by atoms with van der Waals surface area (Å²) >= 11 is 6.94. The Hall–Kier alpha value is -3.38. The van der Waals surface area contributed by atoms with Crippen molar-refractivity contribution in [2.75, 3.05) is 7.11 Å². The highest BCUT2D eigenvalue weighted by Gasteiger charge is 2.21. The fraction of sp³-hybridized carbons (Fsp3) is 0.240. The van der Waals surface area contributed by atoms with Gasteiger partial charge in [0.2, 0.25) is 0 Å². The van der Waals surface area contributed by atoms with E-state index in [0.717, 1.165) is 16.8 Å². The summed E-state index contributed by atoms with van der Waals surface area (Å²) in [6.45, 7) is 8.61. The van der Waals surface area contributed by atoms with Crippen molar-refractivity contribution in [1.29, 1.82) is 0 Å². The zero-order valence-electron chi connectivity index (χ0n) is 18.8. The third kappa shape index (κ3) is 4.06. The highest BCUT2D eigenvalue weighted by molar-refractivity contribution is 6.35. The van der Waals surface area contributed by atoms with Gasteiger partial charge in [-0.3, -0.25) is 4.68 Å². The van der Waals surface area contributed by atoms with Gasteiger partial charge in [-0.05, 0) is 68.1 Å². The van der Waals surface area contributed by atoms with Crippen molar-refractivity contribution in [3.63, 3.8) is 0 Å². The van der Waals surface area contributed by atoms with Gasteiger partial charge in [-0.2, -0.15) is 10.2 Å². The molecule has 0 atom stereocenters. The Morgan fingerprint density at radius 1 is 0.906 bits per heavy atom. The van der Waals surface area contributed by atoms with Gasteiger partial charge in [-0.15, -0.1) is 0 Å². The molecule has 0 spiro atoms. The van der Waals surface area contributed by atoms with E-state index in [1.54, 1.807) is 16.9 Å². The Morgan fingerprint density at radius 2 is 1.53 bits per heavy atom. The van der Waals surface area contributed by atoms with Crippen LogP contribution in [0.4, 0.5) is 0 Å². The van der Waals surface area contributed by atoms with E-state index in [0.29, 0.717) is 17.4 Å². The predicted molar refractivity (Wildman–Crippen MR) is 126 cm³/mol. The number of nitrogens with zero attached hydrogens (tertiary/aromatic N) is 4. The van der Waals surface area contributed by atoms with E-state index in [-0.39, 0.29) is 5.69 Å². The van der Waals surface area contributed by atoms with Crippen LogP contribution in [0, 0.1) is 27.7 Å². The average molecular weight is 449 g/mol. The monoisotopic (exact) mass is 448 g/mol. The van der Waals surface area contributed by atoms with E-state index >= 15 is 0 Å². The van der Waals surface area contributed by atoms with E-state index in [1.807, 2.05) is 10.7 Å². The molecular formula is C25H25ClN4O2. The molecular weight excluding hydrogens is 424 g/mol. The van der Waals surface area contributed by atoms with Gasteiger partial charge in [0.15, 0.2) is 5.69 Å². The number of hydrogen-bond acceptors (Lipinski definition) is 4. The molecule has 4 aromatic rings. The lowest BCUT2D eigenvalue weighted by Crippen LogP contribution is -2.13.